The van der Waals surface area contributed by atoms with E-state index < -0.39 is 0 Å². The van der Waals surface area contributed by atoms with Crippen molar-refractivity contribution in [3.05, 3.63) is 41.2 Å². The van der Waals surface area contributed by atoms with Crippen molar-refractivity contribution in [1.29, 1.82) is 0 Å². The van der Waals surface area contributed by atoms with Crippen molar-refractivity contribution in [2.24, 2.45) is 0 Å². The summed E-state index contributed by atoms with van der Waals surface area (Å²) in [4.78, 5) is 6.80. The third-order valence-electron chi connectivity index (χ3n) is 5.48. The number of anilines is 2. The quantitative estimate of drug-likeness (QED) is 0.883. The van der Waals surface area contributed by atoms with Crippen molar-refractivity contribution in [3.63, 3.8) is 0 Å². The summed E-state index contributed by atoms with van der Waals surface area (Å²) in [5, 5.41) is 11.9. The molecule has 136 valence electrons. The van der Waals surface area contributed by atoms with Crippen LogP contribution in [-0.4, -0.2) is 39.9 Å². The van der Waals surface area contributed by atoms with E-state index >= 15 is 0 Å². The van der Waals surface area contributed by atoms with Crippen LogP contribution in [0.5, 0.6) is 5.88 Å². The van der Waals surface area contributed by atoms with Gasteiger partial charge in [-0.15, -0.1) is 10.2 Å². The molecule has 0 saturated carbocycles. The van der Waals surface area contributed by atoms with E-state index in [2.05, 4.69) is 38.9 Å². The predicted octanol–water partition coefficient (Wildman–Crippen LogP) is 3.71. The number of ether oxygens (including phenoxy) is 1. The van der Waals surface area contributed by atoms with Gasteiger partial charge in [-0.3, -0.25) is 0 Å². The minimum Gasteiger partial charge on any atom is -0.472 e. The number of pyridine rings is 1. The lowest BCUT2D eigenvalue weighted by Crippen LogP contribution is -2.52. The Morgan fingerprint density at radius 3 is 3.04 bits per heavy atom. The SMILES string of the molecule is C=Cc1cnc(O[C@H]2CN3c4cc(Cl)nnc4NC[C@]3(CC)C2)cc1C. The van der Waals surface area contributed by atoms with E-state index in [9.17, 15) is 0 Å². The maximum Gasteiger partial charge on any atom is 0.213 e. The molecule has 0 aromatic carbocycles. The topological polar surface area (TPSA) is 63.2 Å². The molecule has 0 spiro atoms. The Morgan fingerprint density at radius 1 is 1.46 bits per heavy atom. The van der Waals surface area contributed by atoms with Gasteiger partial charge in [-0.05, 0) is 24.5 Å². The smallest absolute Gasteiger partial charge is 0.213 e. The van der Waals surface area contributed by atoms with E-state index in [4.69, 9.17) is 16.3 Å². The van der Waals surface area contributed by atoms with E-state index in [-0.39, 0.29) is 11.6 Å². The third kappa shape index (κ3) is 2.78. The number of aromatic nitrogens is 3. The molecule has 0 amide bonds. The Balaban J connectivity index is 1.60. The van der Waals surface area contributed by atoms with E-state index in [1.807, 2.05) is 25.3 Å². The number of hydrogen-bond donors (Lipinski definition) is 1. The molecule has 6 nitrogen and oxygen atoms in total. The lowest BCUT2D eigenvalue weighted by atomic mass is 9.90. The number of rotatable bonds is 4. The molecule has 1 N–H and O–H groups in total. The molecule has 2 atom stereocenters. The maximum absolute atomic E-state index is 6.24. The molecule has 7 heteroatoms. The van der Waals surface area contributed by atoms with Crippen LogP contribution >= 0.6 is 11.6 Å². The van der Waals surface area contributed by atoms with Crippen molar-refractivity contribution in [2.45, 2.75) is 38.3 Å². The molecule has 0 unspecified atom stereocenters. The molecule has 2 aliphatic rings. The molecule has 2 aliphatic heterocycles. The van der Waals surface area contributed by atoms with Gasteiger partial charge in [0.1, 0.15) is 6.10 Å². The second-order valence-electron chi connectivity index (χ2n) is 6.97. The standard InChI is InChI=1S/C19H22ClN5O/c1-4-13-9-21-17(6-12(13)3)26-14-8-19(5-2)11-22-18-15(25(19)10-14)7-16(20)23-24-18/h4,6-7,9,14H,1,5,8,10-11H2,2-3H3,(H,22,24)/t14-,19+/m1/s1. The summed E-state index contributed by atoms with van der Waals surface area (Å²) in [6.07, 6.45) is 5.58. The normalized spacial score (nSPS) is 23.8. The Hall–Kier alpha value is -2.34. The molecule has 2 aromatic heterocycles. The van der Waals surface area contributed by atoms with Gasteiger partial charge in [-0.2, -0.15) is 0 Å². The van der Waals surface area contributed by atoms with Crippen LogP contribution < -0.4 is 15.0 Å². The third-order valence-corrected chi connectivity index (χ3v) is 5.66. The predicted molar refractivity (Wildman–Crippen MR) is 104 cm³/mol. The van der Waals surface area contributed by atoms with Gasteiger partial charge in [0, 0.05) is 31.3 Å². The number of nitrogens with one attached hydrogen (secondary N) is 1. The second-order valence-corrected chi connectivity index (χ2v) is 7.36. The van der Waals surface area contributed by atoms with Gasteiger partial charge >= 0.3 is 0 Å². The number of halogens is 1. The van der Waals surface area contributed by atoms with E-state index in [1.165, 1.54) is 0 Å². The zero-order valence-electron chi connectivity index (χ0n) is 15.0. The summed E-state index contributed by atoms with van der Waals surface area (Å²) in [6.45, 7) is 9.64. The largest absolute Gasteiger partial charge is 0.472 e. The molecule has 4 heterocycles. The monoisotopic (exact) mass is 371 g/mol. The summed E-state index contributed by atoms with van der Waals surface area (Å²) >= 11 is 6.09. The van der Waals surface area contributed by atoms with Crippen LogP contribution in [0.4, 0.5) is 11.5 Å². The van der Waals surface area contributed by atoms with Gasteiger partial charge in [-0.1, -0.05) is 31.2 Å². The molecule has 0 bridgehead atoms. The van der Waals surface area contributed by atoms with Crippen LogP contribution in [0.1, 0.15) is 30.9 Å². The molecule has 2 aromatic rings. The first-order chi connectivity index (χ1) is 12.5. The summed E-state index contributed by atoms with van der Waals surface area (Å²) in [5.74, 6) is 1.44. The Bertz CT molecular complexity index is 858. The van der Waals surface area contributed by atoms with E-state index in [0.29, 0.717) is 11.0 Å². The van der Waals surface area contributed by atoms with E-state index in [1.54, 1.807) is 6.08 Å². The summed E-state index contributed by atoms with van der Waals surface area (Å²) in [5.41, 5.74) is 3.12. The fourth-order valence-electron chi connectivity index (χ4n) is 3.99. The van der Waals surface area contributed by atoms with Gasteiger partial charge in [-0.25, -0.2) is 4.98 Å². The molecule has 1 saturated heterocycles. The van der Waals surface area contributed by atoms with Gasteiger partial charge < -0.3 is 15.0 Å². The first kappa shape index (κ1) is 17.1. The zero-order chi connectivity index (χ0) is 18.3. The fourth-order valence-corrected chi connectivity index (χ4v) is 4.13. The molecule has 26 heavy (non-hydrogen) atoms. The maximum atomic E-state index is 6.24. The lowest BCUT2D eigenvalue weighted by molar-refractivity contribution is 0.202. The number of fused-ring (bicyclic) bond motifs is 3. The van der Waals surface area contributed by atoms with Crippen LogP contribution in [0, 0.1) is 6.92 Å². The van der Waals surface area contributed by atoms with Gasteiger partial charge in [0.05, 0.1) is 17.8 Å². The summed E-state index contributed by atoms with van der Waals surface area (Å²) in [6, 6.07) is 3.85. The van der Waals surface area contributed by atoms with Gasteiger partial charge in [0.2, 0.25) is 5.88 Å². The van der Waals surface area contributed by atoms with Crippen molar-refractivity contribution >= 4 is 29.2 Å². The molecule has 4 rings (SSSR count). The summed E-state index contributed by atoms with van der Waals surface area (Å²) in [7, 11) is 0. The lowest BCUT2D eigenvalue weighted by Gasteiger charge is -2.43. The number of nitrogens with zero attached hydrogens (tertiary/aromatic N) is 4. The highest BCUT2D eigenvalue weighted by molar-refractivity contribution is 6.29. The van der Waals surface area contributed by atoms with Crippen LogP contribution in [0.25, 0.3) is 6.08 Å². The van der Waals surface area contributed by atoms with Gasteiger partial charge in [0.25, 0.3) is 0 Å². The molecule has 0 radical (unpaired) electrons. The Morgan fingerprint density at radius 2 is 2.31 bits per heavy atom. The van der Waals surface area contributed by atoms with Gasteiger partial charge in [0.15, 0.2) is 11.0 Å². The molecular weight excluding hydrogens is 350 g/mol. The van der Waals surface area contributed by atoms with Crippen LogP contribution in [0.15, 0.2) is 24.9 Å². The van der Waals surface area contributed by atoms with Crippen LogP contribution in [0.2, 0.25) is 5.15 Å². The summed E-state index contributed by atoms with van der Waals surface area (Å²) < 4.78 is 6.24. The minimum absolute atomic E-state index is 0.0138. The van der Waals surface area contributed by atoms with E-state index in [0.717, 1.165) is 48.6 Å². The van der Waals surface area contributed by atoms with Crippen LogP contribution in [0.3, 0.4) is 0 Å². The molecule has 1 fully saturated rings. The minimum atomic E-state index is -0.0138. The highest BCUT2D eigenvalue weighted by atomic mass is 35.5. The average molecular weight is 372 g/mol. The number of hydrogen-bond acceptors (Lipinski definition) is 6. The Labute approximate surface area is 158 Å². The van der Waals surface area contributed by atoms with Crippen molar-refractivity contribution in [1.82, 2.24) is 15.2 Å². The van der Waals surface area contributed by atoms with Crippen molar-refractivity contribution in [3.8, 4) is 5.88 Å². The highest BCUT2D eigenvalue weighted by Crippen LogP contribution is 2.44. The molecule has 0 aliphatic carbocycles. The first-order valence-electron chi connectivity index (χ1n) is 8.85. The Kier molecular flexibility index (Phi) is 4.23. The highest BCUT2D eigenvalue weighted by Gasteiger charge is 2.48. The molecular formula is C19H22ClN5O. The van der Waals surface area contributed by atoms with Crippen molar-refractivity contribution < 1.29 is 4.74 Å². The van der Waals surface area contributed by atoms with Crippen molar-refractivity contribution in [2.75, 3.05) is 23.3 Å². The second kappa shape index (κ2) is 6.43. The average Bonchev–Trinajstić information content (AvgIpc) is 3.01. The first-order valence-corrected chi connectivity index (χ1v) is 9.23. The van der Waals surface area contributed by atoms with Crippen LogP contribution in [-0.2, 0) is 0 Å². The fraction of sp³-hybridized carbons (Fsp3) is 0.421. The zero-order valence-corrected chi connectivity index (χ0v) is 15.8. The number of aryl methyl sites for hydroxylation is 1.